The number of anilines is 3. The molecule has 296 valence electrons. The van der Waals surface area contributed by atoms with Crippen molar-refractivity contribution in [3.63, 3.8) is 0 Å². The quantitative estimate of drug-likeness (QED) is 0.141. The summed E-state index contributed by atoms with van der Waals surface area (Å²) in [6.07, 6.45) is 0. The Kier molecular flexibility index (Phi) is 9.97. The van der Waals surface area contributed by atoms with Gasteiger partial charge in [0.25, 0.3) is 0 Å². The number of hydrogen-bond acceptors (Lipinski definition) is 1. The standard InChI is InChI=1S/C62H43N/c1-2-15-48(16-3-1)58-23-8-10-25-61(58)62-26-11-9-24-59(62)50-36-40-55(41-37-50)63(56-21-12-20-53(43-56)60-27-13-19-49-17-6-7-22-57(49)60)54-38-34-46(35-39-54)45-28-30-47(31-29-45)52-33-32-44-14-4-5-18-51(44)42-52/h1-43H. The Labute approximate surface area is 369 Å². The van der Waals surface area contributed by atoms with Crippen LogP contribution in [-0.2, 0) is 0 Å². The molecule has 11 aromatic carbocycles. The highest BCUT2D eigenvalue weighted by Gasteiger charge is 2.17. The summed E-state index contributed by atoms with van der Waals surface area (Å²) in [4.78, 5) is 2.38. The number of benzene rings is 11. The molecule has 0 fully saturated rings. The van der Waals surface area contributed by atoms with Crippen molar-refractivity contribution in [2.45, 2.75) is 0 Å². The summed E-state index contributed by atoms with van der Waals surface area (Å²) in [5.41, 5.74) is 17.7. The van der Waals surface area contributed by atoms with Gasteiger partial charge in [-0.2, -0.15) is 0 Å². The zero-order valence-electron chi connectivity index (χ0n) is 34.8. The largest absolute Gasteiger partial charge is 0.310 e. The fourth-order valence-corrected chi connectivity index (χ4v) is 9.11. The molecular formula is C62H43N. The zero-order chi connectivity index (χ0) is 42.0. The predicted octanol–water partition coefficient (Wildman–Crippen LogP) is 17.5. The van der Waals surface area contributed by atoms with E-state index in [4.69, 9.17) is 0 Å². The van der Waals surface area contributed by atoms with Crippen LogP contribution in [0.15, 0.2) is 261 Å². The van der Waals surface area contributed by atoms with Gasteiger partial charge in [-0.05, 0) is 131 Å². The van der Waals surface area contributed by atoms with Gasteiger partial charge in [-0.1, -0.05) is 218 Å². The number of fused-ring (bicyclic) bond motifs is 2. The molecule has 63 heavy (non-hydrogen) atoms. The van der Waals surface area contributed by atoms with E-state index in [-0.39, 0.29) is 0 Å². The van der Waals surface area contributed by atoms with Crippen LogP contribution < -0.4 is 4.90 Å². The predicted molar refractivity (Wildman–Crippen MR) is 269 cm³/mol. The van der Waals surface area contributed by atoms with Crippen LogP contribution >= 0.6 is 0 Å². The second-order valence-corrected chi connectivity index (χ2v) is 16.1. The van der Waals surface area contributed by atoms with Gasteiger partial charge in [-0.15, -0.1) is 0 Å². The lowest BCUT2D eigenvalue weighted by Crippen LogP contribution is -2.10. The fraction of sp³-hybridized carbons (Fsp3) is 0. The molecule has 0 spiro atoms. The van der Waals surface area contributed by atoms with Crippen molar-refractivity contribution in [3.8, 4) is 66.8 Å². The summed E-state index contributed by atoms with van der Waals surface area (Å²) in [5.74, 6) is 0. The fourth-order valence-electron chi connectivity index (χ4n) is 9.11. The first-order valence-corrected chi connectivity index (χ1v) is 21.7. The molecule has 0 bridgehead atoms. The van der Waals surface area contributed by atoms with Crippen LogP contribution in [0.1, 0.15) is 0 Å². The molecule has 0 amide bonds. The third-order valence-electron chi connectivity index (χ3n) is 12.3. The van der Waals surface area contributed by atoms with Crippen molar-refractivity contribution in [1.29, 1.82) is 0 Å². The highest BCUT2D eigenvalue weighted by atomic mass is 15.1. The van der Waals surface area contributed by atoms with Crippen LogP contribution in [0.3, 0.4) is 0 Å². The van der Waals surface area contributed by atoms with Crippen LogP contribution in [0.25, 0.3) is 88.3 Å². The Balaban J connectivity index is 0.964. The summed E-state index contributed by atoms with van der Waals surface area (Å²) in [5, 5.41) is 5.00. The molecule has 0 N–H and O–H groups in total. The van der Waals surface area contributed by atoms with Gasteiger partial charge in [0.2, 0.25) is 0 Å². The molecule has 0 saturated carbocycles. The van der Waals surface area contributed by atoms with Gasteiger partial charge in [0.15, 0.2) is 0 Å². The van der Waals surface area contributed by atoms with Crippen molar-refractivity contribution in [1.82, 2.24) is 0 Å². The summed E-state index contributed by atoms with van der Waals surface area (Å²) < 4.78 is 0. The van der Waals surface area contributed by atoms with Crippen LogP contribution in [0, 0.1) is 0 Å². The monoisotopic (exact) mass is 801 g/mol. The number of nitrogens with zero attached hydrogens (tertiary/aromatic N) is 1. The smallest absolute Gasteiger partial charge is 0.0467 e. The molecule has 0 aromatic heterocycles. The third kappa shape index (κ3) is 7.47. The average Bonchev–Trinajstić information content (AvgIpc) is 3.37. The summed E-state index contributed by atoms with van der Waals surface area (Å²) in [7, 11) is 0. The van der Waals surface area contributed by atoms with Gasteiger partial charge in [0.1, 0.15) is 0 Å². The highest BCUT2D eigenvalue weighted by Crippen LogP contribution is 2.42. The van der Waals surface area contributed by atoms with E-state index >= 15 is 0 Å². The van der Waals surface area contributed by atoms with E-state index < -0.39 is 0 Å². The molecule has 0 saturated heterocycles. The molecule has 0 heterocycles. The van der Waals surface area contributed by atoms with Crippen molar-refractivity contribution in [3.05, 3.63) is 261 Å². The summed E-state index contributed by atoms with van der Waals surface area (Å²) in [6.45, 7) is 0. The second-order valence-electron chi connectivity index (χ2n) is 16.1. The van der Waals surface area contributed by atoms with Crippen molar-refractivity contribution < 1.29 is 0 Å². The van der Waals surface area contributed by atoms with Crippen molar-refractivity contribution >= 4 is 38.6 Å². The number of hydrogen-bond donors (Lipinski definition) is 0. The van der Waals surface area contributed by atoms with Crippen LogP contribution in [0.5, 0.6) is 0 Å². The van der Waals surface area contributed by atoms with E-state index in [1.165, 1.54) is 88.3 Å². The molecule has 0 radical (unpaired) electrons. The molecule has 1 nitrogen and oxygen atoms in total. The molecular weight excluding hydrogens is 759 g/mol. The molecule has 0 aliphatic rings. The maximum absolute atomic E-state index is 2.38. The summed E-state index contributed by atoms with van der Waals surface area (Å²) >= 11 is 0. The Hall–Kier alpha value is -8.26. The molecule has 1 heteroatoms. The average molecular weight is 802 g/mol. The minimum atomic E-state index is 1.09. The van der Waals surface area contributed by atoms with Crippen LogP contribution in [0.4, 0.5) is 17.1 Å². The SMILES string of the molecule is c1ccc(-c2ccccc2-c2ccccc2-c2ccc(N(c3ccc(-c4ccc(-c5ccc6ccccc6c5)cc4)cc3)c3cccc(-c4cccc5ccccc45)c3)cc2)cc1. The van der Waals surface area contributed by atoms with Gasteiger partial charge in [0, 0.05) is 17.1 Å². The topological polar surface area (TPSA) is 3.24 Å². The lowest BCUT2D eigenvalue weighted by atomic mass is 9.89. The number of rotatable bonds is 9. The Bertz CT molecular complexity index is 3360. The third-order valence-corrected chi connectivity index (χ3v) is 12.3. The van der Waals surface area contributed by atoms with Crippen LogP contribution in [0.2, 0.25) is 0 Å². The van der Waals surface area contributed by atoms with E-state index in [0.717, 1.165) is 17.1 Å². The minimum absolute atomic E-state index is 1.09. The van der Waals surface area contributed by atoms with Gasteiger partial charge in [-0.3, -0.25) is 0 Å². The Morgan fingerprint density at radius 2 is 0.619 bits per heavy atom. The lowest BCUT2D eigenvalue weighted by molar-refractivity contribution is 1.28. The first-order valence-electron chi connectivity index (χ1n) is 21.7. The van der Waals surface area contributed by atoms with Gasteiger partial charge < -0.3 is 4.90 Å². The van der Waals surface area contributed by atoms with E-state index in [1.807, 2.05) is 0 Å². The molecule has 11 rings (SSSR count). The summed E-state index contributed by atoms with van der Waals surface area (Å²) in [6, 6.07) is 94.6. The van der Waals surface area contributed by atoms with Gasteiger partial charge in [0.05, 0.1) is 0 Å². The lowest BCUT2D eigenvalue weighted by Gasteiger charge is -2.27. The molecule has 0 unspecified atom stereocenters. The molecule has 0 atom stereocenters. The second kappa shape index (κ2) is 16.7. The molecule has 0 aliphatic carbocycles. The minimum Gasteiger partial charge on any atom is -0.310 e. The van der Waals surface area contributed by atoms with E-state index in [2.05, 4.69) is 266 Å². The van der Waals surface area contributed by atoms with E-state index in [1.54, 1.807) is 0 Å². The van der Waals surface area contributed by atoms with Crippen molar-refractivity contribution in [2.24, 2.45) is 0 Å². The Morgan fingerprint density at radius 3 is 1.29 bits per heavy atom. The molecule has 0 aliphatic heterocycles. The van der Waals surface area contributed by atoms with Crippen LogP contribution in [-0.4, -0.2) is 0 Å². The maximum Gasteiger partial charge on any atom is 0.0467 e. The van der Waals surface area contributed by atoms with Gasteiger partial charge in [-0.25, -0.2) is 0 Å². The Morgan fingerprint density at radius 1 is 0.190 bits per heavy atom. The zero-order valence-corrected chi connectivity index (χ0v) is 34.8. The first-order chi connectivity index (χ1) is 31.2. The van der Waals surface area contributed by atoms with E-state index in [9.17, 15) is 0 Å². The van der Waals surface area contributed by atoms with Gasteiger partial charge >= 0.3 is 0 Å². The highest BCUT2D eigenvalue weighted by molar-refractivity contribution is 5.98. The maximum atomic E-state index is 2.38. The normalized spacial score (nSPS) is 11.2. The first kappa shape index (κ1) is 37.7. The van der Waals surface area contributed by atoms with Crippen molar-refractivity contribution in [2.75, 3.05) is 4.90 Å². The van der Waals surface area contributed by atoms with E-state index in [0.29, 0.717) is 0 Å². The molecule has 11 aromatic rings.